The first-order valence-corrected chi connectivity index (χ1v) is 7.86. The van der Waals surface area contributed by atoms with Crippen LogP contribution in [0.25, 0.3) is 0 Å². The number of likely N-dealkylation sites (N-methyl/N-ethyl adjacent to an activating group) is 1. The number of aromatic nitrogens is 4. The first kappa shape index (κ1) is 17.8. The Bertz CT molecular complexity index is 739. The third kappa shape index (κ3) is 3.84. The lowest BCUT2D eigenvalue weighted by Gasteiger charge is -2.25. The Morgan fingerprint density at radius 3 is 2.54 bits per heavy atom. The highest BCUT2D eigenvalue weighted by atomic mass is 16.2. The number of amides is 1. The number of carbonyl (C=O) groups excluding carboxylic acids is 2. The molecule has 0 N–H and O–H groups in total. The standard InChI is InChI=1S/C17H23N5O2/c1-11(8-15-9-18-6-7-19-15)21(5)16(24)10-22-13(3)17(14(4)23)12(2)20-22/h6-7,9,11H,8,10H2,1-5H3/t11-/m0/s1. The minimum absolute atomic E-state index is 0.0153. The Hall–Kier alpha value is -2.57. The number of Topliss-reactive ketones (excluding diaryl/α,β-unsaturated/α-hetero) is 1. The van der Waals surface area contributed by atoms with Gasteiger partial charge in [0, 0.05) is 43.8 Å². The number of ketones is 1. The summed E-state index contributed by atoms with van der Waals surface area (Å²) in [6.07, 6.45) is 5.60. The molecule has 0 saturated carbocycles. The van der Waals surface area contributed by atoms with E-state index in [0.717, 1.165) is 11.4 Å². The van der Waals surface area contributed by atoms with Gasteiger partial charge >= 0.3 is 0 Å². The molecule has 128 valence electrons. The molecule has 7 heteroatoms. The third-order valence-corrected chi connectivity index (χ3v) is 4.19. The molecular formula is C17H23N5O2. The van der Waals surface area contributed by atoms with E-state index < -0.39 is 0 Å². The molecular weight excluding hydrogens is 306 g/mol. The predicted octanol–water partition coefficient (Wildman–Crippen LogP) is 1.58. The Balaban J connectivity index is 2.06. The predicted molar refractivity (Wildman–Crippen MR) is 89.7 cm³/mol. The van der Waals surface area contributed by atoms with E-state index in [-0.39, 0.29) is 24.3 Å². The van der Waals surface area contributed by atoms with E-state index in [1.807, 2.05) is 13.8 Å². The second-order valence-electron chi connectivity index (χ2n) is 6.01. The normalized spacial score (nSPS) is 12.0. The van der Waals surface area contributed by atoms with Crippen LogP contribution in [-0.2, 0) is 17.8 Å². The Labute approximate surface area is 141 Å². The molecule has 24 heavy (non-hydrogen) atoms. The average molecular weight is 329 g/mol. The molecule has 7 nitrogen and oxygen atoms in total. The van der Waals surface area contributed by atoms with E-state index in [9.17, 15) is 9.59 Å². The molecule has 0 spiro atoms. The summed E-state index contributed by atoms with van der Waals surface area (Å²) >= 11 is 0. The van der Waals surface area contributed by atoms with Crippen LogP contribution >= 0.6 is 0 Å². The second-order valence-corrected chi connectivity index (χ2v) is 6.01. The maximum Gasteiger partial charge on any atom is 0.244 e. The minimum atomic E-state index is -0.0629. The van der Waals surface area contributed by atoms with E-state index in [1.165, 1.54) is 6.92 Å². The minimum Gasteiger partial charge on any atom is -0.341 e. The summed E-state index contributed by atoms with van der Waals surface area (Å²) in [4.78, 5) is 34.2. The van der Waals surface area contributed by atoms with E-state index in [2.05, 4.69) is 15.1 Å². The van der Waals surface area contributed by atoms with Crippen LogP contribution in [0.5, 0.6) is 0 Å². The molecule has 2 aromatic heterocycles. The van der Waals surface area contributed by atoms with Gasteiger partial charge in [-0.25, -0.2) is 0 Å². The third-order valence-electron chi connectivity index (χ3n) is 4.19. The van der Waals surface area contributed by atoms with Crippen LogP contribution < -0.4 is 0 Å². The summed E-state index contributed by atoms with van der Waals surface area (Å²) < 4.78 is 1.60. The lowest BCUT2D eigenvalue weighted by atomic mass is 10.1. The van der Waals surface area contributed by atoms with Crippen molar-refractivity contribution in [2.75, 3.05) is 7.05 Å². The maximum atomic E-state index is 12.5. The van der Waals surface area contributed by atoms with Crippen molar-refractivity contribution in [3.05, 3.63) is 41.2 Å². The lowest BCUT2D eigenvalue weighted by molar-refractivity contribution is -0.132. The van der Waals surface area contributed by atoms with Crippen molar-refractivity contribution in [1.29, 1.82) is 0 Å². The SMILES string of the molecule is CC(=O)c1c(C)nn(CC(=O)N(C)[C@@H](C)Cc2cnccn2)c1C. The van der Waals surface area contributed by atoms with E-state index in [4.69, 9.17) is 0 Å². The van der Waals surface area contributed by atoms with Crippen LogP contribution in [0.1, 0.15) is 41.3 Å². The van der Waals surface area contributed by atoms with Crippen molar-refractivity contribution in [1.82, 2.24) is 24.6 Å². The van der Waals surface area contributed by atoms with Gasteiger partial charge in [-0.1, -0.05) is 0 Å². The zero-order valence-corrected chi connectivity index (χ0v) is 14.8. The Morgan fingerprint density at radius 2 is 2.00 bits per heavy atom. The molecule has 2 aromatic rings. The zero-order chi connectivity index (χ0) is 17.9. The van der Waals surface area contributed by atoms with Gasteiger partial charge in [-0.3, -0.25) is 24.2 Å². The van der Waals surface area contributed by atoms with Gasteiger partial charge in [0.05, 0.1) is 17.0 Å². The second kappa shape index (κ2) is 7.33. The number of rotatable bonds is 6. The fraction of sp³-hybridized carbons (Fsp3) is 0.471. The van der Waals surface area contributed by atoms with E-state index in [0.29, 0.717) is 17.7 Å². The monoisotopic (exact) mass is 329 g/mol. The fourth-order valence-electron chi connectivity index (χ4n) is 2.72. The molecule has 1 atom stereocenters. The number of hydrogen-bond acceptors (Lipinski definition) is 5. The average Bonchev–Trinajstić information content (AvgIpc) is 2.81. The summed E-state index contributed by atoms with van der Waals surface area (Å²) in [5.74, 6) is -0.0971. The largest absolute Gasteiger partial charge is 0.341 e. The van der Waals surface area contributed by atoms with Crippen LogP contribution in [0.4, 0.5) is 0 Å². The molecule has 2 heterocycles. The van der Waals surface area contributed by atoms with Gasteiger partial charge in [0.2, 0.25) is 5.91 Å². The molecule has 0 aliphatic carbocycles. The van der Waals surface area contributed by atoms with Gasteiger partial charge in [0.1, 0.15) is 6.54 Å². The summed E-state index contributed by atoms with van der Waals surface area (Å²) in [7, 11) is 1.76. The van der Waals surface area contributed by atoms with Crippen LogP contribution in [0, 0.1) is 13.8 Å². The van der Waals surface area contributed by atoms with Crippen molar-refractivity contribution in [2.45, 2.75) is 46.7 Å². The van der Waals surface area contributed by atoms with Crippen LogP contribution in [0.3, 0.4) is 0 Å². The molecule has 0 radical (unpaired) electrons. The smallest absolute Gasteiger partial charge is 0.244 e. The number of hydrogen-bond donors (Lipinski definition) is 0. The molecule has 1 amide bonds. The van der Waals surface area contributed by atoms with Crippen LogP contribution in [0.2, 0.25) is 0 Å². The highest BCUT2D eigenvalue weighted by Crippen LogP contribution is 2.14. The number of aryl methyl sites for hydroxylation is 1. The van der Waals surface area contributed by atoms with Gasteiger partial charge in [-0.2, -0.15) is 5.10 Å². The van der Waals surface area contributed by atoms with Gasteiger partial charge < -0.3 is 4.90 Å². The van der Waals surface area contributed by atoms with Gasteiger partial charge in [0.25, 0.3) is 0 Å². The van der Waals surface area contributed by atoms with E-state index >= 15 is 0 Å². The lowest BCUT2D eigenvalue weighted by Crippen LogP contribution is -2.39. The van der Waals surface area contributed by atoms with Crippen molar-refractivity contribution in [2.24, 2.45) is 0 Å². The van der Waals surface area contributed by atoms with Crippen molar-refractivity contribution < 1.29 is 9.59 Å². The van der Waals surface area contributed by atoms with E-state index in [1.54, 1.807) is 42.1 Å². The molecule has 0 aromatic carbocycles. The highest BCUT2D eigenvalue weighted by Gasteiger charge is 2.21. The van der Waals surface area contributed by atoms with Gasteiger partial charge in [-0.05, 0) is 27.7 Å². The summed E-state index contributed by atoms with van der Waals surface area (Å²) in [5, 5.41) is 4.32. The zero-order valence-electron chi connectivity index (χ0n) is 14.8. The molecule has 0 unspecified atom stereocenters. The molecule has 0 saturated heterocycles. The summed E-state index contributed by atoms with van der Waals surface area (Å²) in [6.45, 7) is 7.19. The van der Waals surface area contributed by atoms with Gasteiger partial charge in [-0.15, -0.1) is 0 Å². The number of carbonyl (C=O) groups is 2. The fourth-order valence-corrected chi connectivity index (χ4v) is 2.72. The summed E-state index contributed by atoms with van der Waals surface area (Å²) in [5.41, 5.74) is 2.82. The van der Waals surface area contributed by atoms with Crippen molar-refractivity contribution in [3.63, 3.8) is 0 Å². The summed E-state index contributed by atoms with van der Waals surface area (Å²) in [6, 6.07) is -0.0153. The van der Waals surface area contributed by atoms with Gasteiger partial charge in [0.15, 0.2) is 5.78 Å². The van der Waals surface area contributed by atoms with Crippen LogP contribution in [-0.4, -0.2) is 49.4 Å². The molecule has 2 rings (SSSR count). The topological polar surface area (TPSA) is 81.0 Å². The maximum absolute atomic E-state index is 12.5. The molecule has 0 bridgehead atoms. The Kier molecular flexibility index (Phi) is 5.43. The molecule has 0 aliphatic heterocycles. The van der Waals surface area contributed by atoms with Crippen molar-refractivity contribution >= 4 is 11.7 Å². The number of nitrogens with zero attached hydrogens (tertiary/aromatic N) is 5. The highest BCUT2D eigenvalue weighted by molar-refractivity contribution is 5.96. The first-order valence-electron chi connectivity index (χ1n) is 7.86. The quantitative estimate of drug-likeness (QED) is 0.752. The molecule has 0 fully saturated rings. The van der Waals surface area contributed by atoms with Crippen LogP contribution in [0.15, 0.2) is 18.6 Å². The molecule has 0 aliphatic rings. The first-order chi connectivity index (χ1) is 11.3. The Morgan fingerprint density at radius 1 is 1.29 bits per heavy atom. The van der Waals surface area contributed by atoms with Crippen molar-refractivity contribution in [3.8, 4) is 0 Å².